The summed E-state index contributed by atoms with van der Waals surface area (Å²) in [4.78, 5) is 0. The summed E-state index contributed by atoms with van der Waals surface area (Å²) in [6.45, 7) is -0.0798. The van der Waals surface area contributed by atoms with Crippen LogP contribution in [0.1, 0.15) is 11.1 Å². The SMILES string of the molecule is COC1(C(F)(F)F)OCc2ccccc21. The van der Waals surface area contributed by atoms with E-state index in [9.17, 15) is 13.2 Å². The molecule has 0 aromatic heterocycles. The van der Waals surface area contributed by atoms with Crippen molar-refractivity contribution in [3.05, 3.63) is 35.4 Å². The first-order valence-electron chi connectivity index (χ1n) is 4.35. The number of hydrogen-bond donors (Lipinski definition) is 0. The molecule has 0 aliphatic carbocycles. The molecular formula is C10H9F3O2. The monoisotopic (exact) mass is 218 g/mol. The average molecular weight is 218 g/mol. The predicted octanol–water partition coefficient (Wildman–Crippen LogP) is 2.58. The molecule has 0 radical (unpaired) electrons. The molecule has 1 aliphatic heterocycles. The van der Waals surface area contributed by atoms with Gasteiger partial charge in [-0.2, -0.15) is 13.2 Å². The maximum Gasteiger partial charge on any atom is 0.448 e. The maximum atomic E-state index is 12.8. The maximum absolute atomic E-state index is 12.8. The lowest BCUT2D eigenvalue weighted by Gasteiger charge is -2.29. The Balaban J connectivity index is 2.56. The van der Waals surface area contributed by atoms with Crippen LogP contribution < -0.4 is 0 Å². The van der Waals surface area contributed by atoms with E-state index in [0.717, 1.165) is 7.11 Å². The Morgan fingerprint density at radius 1 is 1.33 bits per heavy atom. The molecule has 2 rings (SSSR count). The minimum Gasteiger partial charge on any atom is -0.342 e. The van der Waals surface area contributed by atoms with Crippen LogP contribution in [0.3, 0.4) is 0 Å². The topological polar surface area (TPSA) is 18.5 Å². The fourth-order valence-electron chi connectivity index (χ4n) is 1.74. The molecule has 0 spiro atoms. The lowest BCUT2D eigenvalue weighted by molar-refractivity contribution is -0.379. The normalized spacial score (nSPS) is 25.3. The quantitative estimate of drug-likeness (QED) is 0.721. The third-order valence-corrected chi connectivity index (χ3v) is 2.46. The van der Waals surface area contributed by atoms with Crippen LogP contribution in [-0.4, -0.2) is 13.3 Å². The van der Waals surface area contributed by atoms with Gasteiger partial charge in [-0.05, 0) is 5.56 Å². The Morgan fingerprint density at radius 3 is 2.60 bits per heavy atom. The van der Waals surface area contributed by atoms with Gasteiger partial charge in [0.2, 0.25) is 0 Å². The van der Waals surface area contributed by atoms with Gasteiger partial charge in [-0.3, -0.25) is 0 Å². The molecule has 1 heterocycles. The molecule has 1 atom stereocenters. The van der Waals surface area contributed by atoms with Gasteiger partial charge in [-0.25, -0.2) is 0 Å². The summed E-state index contributed by atoms with van der Waals surface area (Å²) in [6, 6.07) is 6.18. The number of methoxy groups -OCH3 is 1. The van der Waals surface area contributed by atoms with Crippen molar-refractivity contribution in [2.75, 3.05) is 7.11 Å². The zero-order valence-corrected chi connectivity index (χ0v) is 7.97. The van der Waals surface area contributed by atoms with E-state index in [1.54, 1.807) is 12.1 Å². The number of hydrogen-bond acceptors (Lipinski definition) is 2. The highest BCUT2D eigenvalue weighted by Gasteiger charge is 2.61. The van der Waals surface area contributed by atoms with Crippen molar-refractivity contribution in [1.82, 2.24) is 0 Å². The molecule has 0 bridgehead atoms. The van der Waals surface area contributed by atoms with Crippen molar-refractivity contribution in [3.63, 3.8) is 0 Å². The summed E-state index contributed by atoms with van der Waals surface area (Å²) in [7, 11) is 0.996. The van der Waals surface area contributed by atoms with E-state index >= 15 is 0 Å². The second kappa shape index (κ2) is 3.21. The largest absolute Gasteiger partial charge is 0.448 e. The van der Waals surface area contributed by atoms with Crippen LogP contribution in [0.15, 0.2) is 24.3 Å². The molecule has 1 unspecified atom stereocenters. The summed E-state index contributed by atoms with van der Waals surface area (Å²) >= 11 is 0. The zero-order valence-electron chi connectivity index (χ0n) is 7.97. The number of fused-ring (bicyclic) bond motifs is 1. The predicted molar refractivity (Wildman–Crippen MR) is 46.0 cm³/mol. The van der Waals surface area contributed by atoms with Crippen LogP contribution in [0, 0.1) is 0 Å². The van der Waals surface area contributed by atoms with Crippen molar-refractivity contribution in [3.8, 4) is 0 Å². The summed E-state index contributed by atoms with van der Waals surface area (Å²) in [5, 5.41) is 0. The highest BCUT2D eigenvalue weighted by Crippen LogP contribution is 2.48. The summed E-state index contributed by atoms with van der Waals surface area (Å²) < 4.78 is 47.9. The first-order valence-corrected chi connectivity index (χ1v) is 4.35. The summed E-state index contributed by atoms with van der Waals surface area (Å²) in [6.07, 6.45) is -4.58. The minimum absolute atomic E-state index is 0.0417. The van der Waals surface area contributed by atoms with Crippen LogP contribution in [0.4, 0.5) is 13.2 Å². The molecule has 1 aromatic rings. The smallest absolute Gasteiger partial charge is 0.342 e. The Hall–Kier alpha value is -1.07. The van der Waals surface area contributed by atoms with Crippen LogP contribution in [0.2, 0.25) is 0 Å². The number of halogens is 3. The fourth-order valence-corrected chi connectivity index (χ4v) is 1.74. The number of rotatable bonds is 1. The Morgan fingerprint density at radius 2 is 2.00 bits per heavy atom. The van der Waals surface area contributed by atoms with E-state index < -0.39 is 12.0 Å². The molecule has 0 saturated heterocycles. The molecule has 0 saturated carbocycles. The van der Waals surface area contributed by atoms with Gasteiger partial charge in [-0.15, -0.1) is 0 Å². The highest BCUT2D eigenvalue weighted by atomic mass is 19.4. The van der Waals surface area contributed by atoms with Crippen molar-refractivity contribution < 1.29 is 22.6 Å². The van der Waals surface area contributed by atoms with Crippen molar-refractivity contribution in [2.24, 2.45) is 0 Å². The molecule has 15 heavy (non-hydrogen) atoms. The van der Waals surface area contributed by atoms with E-state index in [0.29, 0.717) is 5.56 Å². The van der Waals surface area contributed by atoms with Gasteiger partial charge in [0.25, 0.3) is 5.79 Å². The number of benzene rings is 1. The summed E-state index contributed by atoms with van der Waals surface area (Å²) in [5.74, 6) is -2.59. The molecule has 0 fully saturated rings. The van der Waals surface area contributed by atoms with Gasteiger partial charge in [0.15, 0.2) is 0 Å². The van der Waals surface area contributed by atoms with Gasteiger partial charge in [0.1, 0.15) is 0 Å². The van der Waals surface area contributed by atoms with E-state index in [1.165, 1.54) is 12.1 Å². The molecule has 1 aromatic carbocycles. The Kier molecular flexibility index (Phi) is 2.24. The molecule has 1 aliphatic rings. The van der Waals surface area contributed by atoms with Gasteiger partial charge in [0.05, 0.1) is 6.61 Å². The molecule has 0 amide bonds. The second-order valence-electron chi connectivity index (χ2n) is 3.26. The second-order valence-corrected chi connectivity index (χ2v) is 3.26. The van der Waals surface area contributed by atoms with Gasteiger partial charge in [0, 0.05) is 12.7 Å². The van der Waals surface area contributed by atoms with E-state index in [4.69, 9.17) is 4.74 Å². The molecule has 82 valence electrons. The molecule has 5 heteroatoms. The first kappa shape index (κ1) is 10.4. The molecule has 0 N–H and O–H groups in total. The standard InChI is InChI=1S/C10H9F3O2/c1-14-9(10(11,12)13)8-5-3-2-4-7(8)6-15-9/h2-5H,6H2,1H3. The van der Waals surface area contributed by atoms with Crippen LogP contribution in [0.25, 0.3) is 0 Å². The van der Waals surface area contributed by atoms with Crippen LogP contribution in [0.5, 0.6) is 0 Å². The Bertz CT molecular complexity index is 375. The van der Waals surface area contributed by atoms with Gasteiger partial charge < -0.3 is 9.47 Å². The lowest BCUT2D eigenvalue weighted by Crippen LogP contribution is -2.43. The van der Waals surface area contributed by atoms with Crippen LogP contribution in [-0.2, 0) is 21.9 Å². The van der Waals surface area contributed by atoms with Crippen molar-refractivity contribution in [2.45, 2.75) is 18.6 Å². The molecular weight excluding hydrogens is 209 g/mol. The first-order chi connectivity index (χ1) is 7.01. The van der Waals surface area contributed by atoms with Gasteiger partial charge >= 0.3 is 6.18 Å². The van der Waals surface area contributed by atoms with Gasteiger partial charge in [-0.1, -0.05) is 24.3 Å². The fraction of sp³-hybridized carbons (Fsp3) is 0.400. The van der Waals surface area contributed by atoms with Crippen molar-refractivity contribution in [1.29, 1.82) is 0 Å². The third kappa shape index (κ3) is 1.34. The number of ether oxygens (including phenoxy) is 2. The highest BCUT2D eigenvalue weighted by molar-refractivity contribution is 5.34. The van der Waals surface area contributed by atoms with E-state index in [-0.39, 0.29) is 12.2 Å². The third-order valence-electron chi connectivity index (χ3n) is 2.46. The average Bonchev–Trinajstić information content (AvgIpc) is 2.56. The summed E-state index contributed by atoms with van der Waals surface area (Å²) in [5.41, 5.74) is 0.552. The minimum atomic E-state index is -4.58. The van der Waals surface area contributed by atoms with E-state index in [1.807, 2.05) is 0 Å². The molecule has 2 nitrogen and oxygen atoms in total. The Labute approximate surface area is 84.6 Å². The zero-order chi connectivity index (χ0) is 11.1. The number of alkyl halides is 3. The van der Waals surface area contributed by atoms with Crippen molar-refractivity contribution >= 4 is 0 Å². The van der Waals surface area contributed by atoms with E-state index in [2.05, 4.69) is 4.74 Å². The lowest BCUT2D eigenvalue weighted by atomic mass is 10.0. The van der Waals surface area contributed by atoms with Crippen LogP contribution >= 0.6 is 0 Å².